The van der Waals surface area contributed by atoms with Crippen molar-refractivity contribution in [1.29, 1.82) is 0 Å². The van der Waals surface area contributed by atoms with E-state index in [2.05, 4.69) is 26.1 Å². The van der Waals surface area contributed by atoms with Crippen molar-refractivity contribution in [2.75, 3.05) is 6.54 Å². The van der Waals surface area contributed by atoms with E-state index >= 15 is 0 Å². The lowest BCUT2D eigenvalue weighted by Crippen LogP contribution is -2.38. The van der Waals surface area contributed by atoms with Crippen molar-refractivity contribution in [3.63, 3.8) is 0 Å². The summed E-state index contributed by atoms with van der Waals surface area (Å²) in [6, 6.07) is 6.00. The van der Waals surface area contributed by atoms with Crippen molar-refractivity contribution >= 4 is 5.91 Å². The van der Waals surface area contributed by atoms with Crippen LogP contribution in [0.25, 0.3) is 0 Å². The Hall–Kier alpha value is -1.42. The Bertz CT molecular complexity index is 437. The van der Waals surface area contributed by atoms with E-state index in [1.807, 2.05) is 6.92 Å². The summed E-state index contributed by atoms with van der Waals surface area (Å²) in [5, 5.41) is 2.95. The summed E-state index contributed by atoms with van der Waals surface area (Å²) in [6.45, 7) is 8.49. The summed E-state index contributed by atoms with van der Waals surface area (Å²) in [7, 11) is 0. The lowest BCUT2D eigenvalue weighted by molar-refractivity contribution is -0.126. The van der Waals surface area contributed by atoms with Crippen molar-refractivity contribution in [3.05, 3.63) is 35.6 Å². The van der Waals surface area contributed by atoms with Crippen LogP contribution in [0.5, 0.6) is 0 Å². The molecule has 0 saturated carbocycles. The van der Waals surface area contributed by atoms with E-state index in [1.165, 1.54) is 12.1 Å². The predicted molar refractivity (Wildman–Crippen MR) is 79.6 cm³/mol. The molecule has 0 radical (unpaired) electrons. The highest BCUT2D eigenvalue weighted by Crippen LogP contribution is 2.24. The molecule has 0 aliphatic rings. The van der Waals surface area contributed by atoms with Crippen molar-refractivity contribution in [3.8, 4) is 0 Å². The van der Waals surface area contributed by atoms with E-state index in [4.69, 9.17) is 5.73 Å². The number of rotatable bonds is 5. The first-order chi connectivity index (χ1) is 9.23. The highest BCUT2D eigenvalue weighted by Gasteiger charge is 2.24. The zero-order valence-corrected chi connectivity index (χ0v) is 12.7. The number of hydrogen-bond donors (Lipinski definition) is 2. The minimum absolute atomic E-state index is 0.0424. The molecule has 2 atom stereocenters. The number of halogens is 1. The second-order valence-electron chi connectivity index (χ2n) is 6.48. The molecule has 0 fully saturated rings. The van der Waals surface area contributed by atoms with Gasteiger partial charge in [-0.3, -0.25) is 4.79 Å². The molecule has 0 spiro atoms. The summed E-state index contributed by atoms with van der Waals surface area (Å²) in [5.74, 6) is -0.517. The van der Waals surface area contributed by atoms with Crippen LogP contribution in [0.2, 0.25) is 0 Å². The molecular formula is C16H25FN2O. The van der Waals surface area contributed by atoms with Crippen LogP contribution < -0.4 is 11.1 Å². The number of nitrogens with two attached hydrogens (primary N) is 1. The van der Waals surface area contributed by atoms with Gasteiger partial charge in [-0.05, 0) is 36.5 Å². The third-order valence-corrected chi connectivity index (χ3v) is 3.24. The van der Waals surface area contributed by atoms with E-state index in [9.17, 15) is 9.18 Å². The molecular weight excluding hydrogens is 255 g/mol. The smallest absolute Gasteiger partial charge is 0.224 e. The van der Waals surface area contributed by atoms with Gasteiger partial charge in [-0.1, -0.05) is 32.9 Å². The lowest BCUT2D eigenvalue weighted by atomic mass is 9.84. The molecule has 0 heterocycles. The Balaban J connectivity index is 2.66. The van der Waals surface area contributed by atoms with Gasteiger partial charge in [-0.15, -0.1) is 0 Å². The Kier molecular flexibility index (Phi) is 5.69. The average Bonchev–Trinajstić information content (AvgIpc) is 2.35. The molecule has 0 aliphatic carbocycles. The van der Waals surface area contributed by atoms with Gasteiger partial charge in [0.05, 0.1) is 12.0 Å². The third kappa shape index (κ3) is 5.29. The van der Waals surface area contributed by atoms with E-state index in [0.717, 1.165) is 12.0 Å². The SMILES string of the molecule is C[C@H](NC(=O)C(CN)CC(C)(C)C)c1ccc(F)cc1. The van der Waals surface area contributed by atoms with Gasteiger partial charge in [-0.2, -0.15) is 0 Å². The van der Waals surface area contributed by atoms with Crippen LogP contribution >= 0.6 is 0 Å². The fourth-order valence-corrected chi connectivity index (χ4v) is 2.19. The van der Waals surface area contributed by atoms with Crippen LogP contribution in [0.15, 0.2) is 24.3 Å². The molecule has 1 amide bonds. The summed E-state index contributed by atoms with van der Waals surface area (Å²) in [5.41, 5.74) is 6.64. The largest absolute Gasteiger partial charge is 0.349 e. The predicted octanol–water partition coefficient (Wildman–Crippen LogP) is 3.01. The maximum atomic E-state index is 12.9. The Morgan fingerprint density at radius 1 is 1.30 bits per heavy atom. The van der Waals surface area contributed by atoms with Crippen LogP contribution in [0, 0.1) is 17.2 Å². The van der Waals surface area contributed by atoms with E-state index in [1.54, 1.807) is 12.1 Å². The van der Waals surface area contributed by atoms with Crippen molar-refractivity contribution in [2.45, 2.75) is 40.2 Å². The number of hydrogen-bond acceptors (Lipinski definition) is 2. The molecule has 1 aromatic carbocycles. The van der Waals surface area contributed by atoms with E-state index in [0.29, 0.717) is 6.54 Å². The monoisotopic (exact) mass is 280 g/mol. The van der Waals surface area contributed by atoms with E-state index < -0.39 is 0 Å². The maximum absolute atomic E-state index is 12.9. The molecule has 112 valence electrons. The molecule has 3 N–H and O–H groups in total. The Morgan fingerprint density at radius 2 is 1.85 bits per heavy atom. The molecule has 3 nitrogen and oxygen atoms in total. The number of benzene rings is 1. The summed E-state index contributed by atoms with van der Waals surface area (Å²) in [4.78, 5) is 12.2. The number of nitrogens with one attached hydrogen (secondary N) is 1. The van der Waals surface area contributed by atoms with Gasteiger partial charge in [0.25, 0.3) is 0 Å². The molecule has 1 unspecified atom stereocenters. The second kappa shape index (κ2) is 6.84. The number of carbonyl (C=O) groups excluding carboxylic acids is 1. The van der Waals surface area contributed by atoms with Crippen LogP contribution in [0.4, 0.5) is 4.39 Å². The Morgan fingerprint density at radius 3 is 2.30 bits per heavy atom. The summed E-state index contributed by atoms with van der Waals surface area (Å²) in [6.07, 6.45) is 0.742. The van der Waals surface area contributed by atoms with Crippen molar-refractivity contribution in [2.24, 2.45) is 17.1 Å². The standard InChI is InChI=1S/C16H25FN2O/c1-11(12-5-7-14(17)8-6-12)19-15(20)13(10-18)9-16(2,3)4/h5-8,11,13H,9-10,18H2,1-4H3,(H,19,20)/t11-,13?/m0/s1. The third-order valence-electron chi connectivity index (χ3n) is 3.24. The normalized spacial score (nSPS) is 14.7. The van der Waals surface area contributed by atoms with Gasteiger partial charge < -0.3 is 11.1 Å². The first-order valence-electron chi connectivity index (χ1n) is 6.99. The highest BCUT2D eigenvalue weighted by atomic mass is 19.1. The fourth-order valence-electron chi connectivity index (χ4n) is 2.19. The molecule has 1 aromatic rings. The average molecular weight is 280 g/mol. The summed E-state index contributed by atoms with van der Waals surface area (Å²) >= 11 is 0. The van der Waals surface area contributed by atoms with Gasteiger partial charge in [0.1, 0.15) is 5.82 Å². The van der Waals surface area contributed by atoms with Gasteiger partial charge >= 0.3 is 0 Å². The molecule has 4 heteroatoms. The quantitative estimate of drug-likeness (QED) is 0.871. The molecule has 0 aliphatic heterocycles. The summed E-state index contributed by atoms with van der Waals surface area (Å²) < 4.78 is 12.9. The first-order valence-corrected chi connectivity index (χ1v) is 6.99. The van der Waals surface area contributed by atoms with Gasteiger partial charge in [0, 0.05) is 6.54 Å². The van der Waals surface area contributed by atoms with Crippen LogP contribution in [-0.2, 0) is 4.79 Å². The Labute approximate surface area is 120 Å². The van der Waals surface area contributed by atoms with Crippen LogP contribution in [0.3, 0.4) is 0 Å². The molecule has 0 aromatic heterocycles. The number of carbonyl (C=O) groups is 1. The van der Waals surface area contributed by atoms with E-state index in [-0.39, 0.29) is 29.1 Å². The van der Waals surface area contributed by atoms with Crippen LogP contribution in [-0.4, -0.2) is 12.5 Å². The fraction of sp³-hybridized carbons (Fsp3) is 0.562. The zero-order valence-electron chi connectivity index (χ0n) is 12.7. The molecule has 1 rings (SSSR count). The van der Waals surface area contributed by atoms with Gasteiger partial charge in [0.2, 0.25) is 5.91 Å². The van der Waals surface area contributed by atoms with Gasteiger partial charge in [-0.25, -0.2) is 4.39 Å². The van der Waals surface area contributed by atoms with Crippen molar-refractivity contribution in [1.82, 2.24) is 5.32 Å². The van der Waals surface area contributed by atoms with Crippen molar-refractivity contribution < 1.29 is 9.18 Å². The highest BCUT2D eigenvalue weighted by molar-refractivity contribution is 5.79. The van der Waals surface area contributed by atoms with Crippen LogP contribution in [0.1, 0.15) is 45.7 Å². The minimum Gasteiger partial charge on any atom is -0.349 e. The second-order valence-corrected chi connectivity index (χ2v) is 6.48. The topological polar surface area (TPSA) is 55.1 Å². The maximum Gasteiger partial charge on any atom is 0.224 e. The molecule has 0 bridgehead atoms. The first kappa shape index (κ1) is 16.6. The zero-order chi connectivity index (χ0) is 15.3. The minimum atomic E-state index is -0.278. The lowest BCUT2D eigenvalue weighted by Gasteiger charge is -2.26. The number of amides is 1. The molecule has 20 heavy (non-hydrogen) atoms. The van der Waals surface area contributed by atoms with Gasteiger partial charge in [0.15, 0.2) is 0 Å². The molecule has 0 saturated heterocycles.